The molecule has 7 nitrogen and oxygen atoms in total. The Bertz CT molecular complexity index is 993. The SMILES string of the molecule is Cc1cc2nc(CN3CCc4[nH]nc(C5CC5)c4CC3)cc(=O)n2[nH]1. The van der Waals surface area contributed by atoms with E-state index in [1.807, 2.05) is 13.0 Å². The summed E-state index contributed by atoms with van der Waals surface area (Å²) in [5.41, 5.74) is 6.47. The molecule has 1 aliphatic carbocycles. The van der Waals surface area contributed by atoms with E-state index in [0.717, 1.165) is 37.3 Å². The molecule has 0 bridgehead atoms. The van der Waals surface area contributed by atoms with Crippen LogP contribution in [0.4, 0.5) is 0 Å². The molecule has 0 aromatic carbocycles. The maximum atomic E-state index is 12.2. The second-order valence-electron chi connectivity index (χ2n) is 7.33. The lowest BCUT2D eigenvalue weighted by atomic mass is 10.1. The van der Waals surface area contributed by atoms with Crippen molar-refractivity contribution in [1.82, 2.24) is 29.7 Å². The van der Waals surface area contributed by atoms with Crippen molar-refractivity contribution in [2.24, 2.45) is 0 Å². The second-order valence-corrected chi connectivity index (χ2v) is 7.33. The Balaban J connectivity index is 1.36. The van der Waals surface area contributed by atoms with Crippen LogP contribution < -0.4 is 5.56 Å². The topological polar surface area (TPSA) is 82.1 Å². The minimum atomic E-state index is -0.0478. The molecular formula is C18H22N6O. The van der Waals surface area contributed by atoms with E-state index >= 15 is 0 Å². The summed E-state index contributed by atoms with van der Waals surface area (Å²) >= 11 is 0. The van der Waals surface area contributed by atoms with Crippen LogP contribution in [0.25, 0.3) is 5.65 Å². The first-order chi connectivity index (χ1) is 12.2. The van der Waals surface area contributed by atoms with Gasteiger partial charge in [0.1, 0.15) is 0 Å². The standard InChI is InChI=1S/C18H22N6O/c1-11-8-16-19-13(9-17(25)24(16)22-11)10-23-6-4-14-15(5-7-23)20-21-18(14)12-2-3-12/h8-9,12,22H,2-7,10H2,1H3,(H,20,21). The van der Waals surface area contributed by atoms with Gasteiger partial charge in [0.15, 0.2) is 5.65 Å². The number of hydrogen-bond acceptors (Lipinski definition) is 4. The molecule has 5 rings (SSSR count). The number of aryl methyl sites for hydroxylation is 1. The first kappa shape index (κ1) is 14.9. The van der Waals surface area contributed by atoms with Crippen LogP contribution in [0.3, 0.4) is 0 Å². The molecule has 0 radical (unpaired) electrons. The number of fused-ring (bicyclic) bond motifs is 2. The van der Waals surface area contributed by atoms with Gasteiger partial charge in [-0.15, -0.1) is 0 Å². The van der Waals surface area contributed by atoms with Crippen molar-refractivity contribution < 1.29 is 0 Å². The number of nitrogens with zero attached hydrogens (tertiary/aromatic N) is 4. The van der Waals surface area contributed by atoms with Crippen LogP contribution >= 0.6 is 0 Å². The van der Waals surface area contributed by atoms with Crippen molar-refractivity contribution in [3.8, 4) is 0 Å². The smallest absolute Gasteiger partial charge is 0.272 e. The maximum Gasteiger partial charge on any atom is 0.272 e. The molecule has 0 spiro atoms. The van der Waals surface area contributed by atoms with Crippen LogP contribution in [-0.2, 0) is 19.4 Å². The minimum absolute atomic E-state index is 0.0478. The van der Waals surface area contributed by atoms with Crippen LogP contribution in [-0.4, -0.2) is 42.8 Å². The van der Waals surface area contributed by atoms with Gasteiger partial charge in [-0.05, 0) is 31.7 Å². The second kappa shape index (κ2) is 5.56. The lowest BCUT2D eigenvalue weighted by Crippen LogP contribution is -2.28. The first-order valence-electron chi connectivity index (χ1n) is 9.04. The summed E-state index contributed by atoms with van der Waals surface area (Å²) in [7, 11) is 0. The van der Waals surface area contributed by atoms with E-state index in [1.165, 1.54) is 34.3 Å². The van der Waals surface area contributed by atoms with Gasteiger partial charge >= 0.3 is 0 Å². The molecule has 25 heavy (non-hydrogen) atoms. The lowest BCUT2D eigenvalue weighted by molar-refractivity contribution is 0.275. The Hall–Kier alpha value is -2.41. The van der Waals surface area contributed by atoms with Crippen molar-refractivity contribution in [1.29, 1.82) is 0 Å². The van der Waals surface area contributed by atoms with E-state index in [1.54, 1.807) is 6.07 Å². The summed E-state index contributed by atoms with van der Waals surface area (Å²) in [5.74, 6) is 0.688. The summed E-state index contributed by atoms with van der Waals surface area (Å²) in [5, 5.41) is 10.8. The van der Waals surface area contributed by atoms with Crippen LogP contribution in [0.2, 0.25) is 0 Å². The zero-order chi connectivity index (χ0) is 17.0. The van der Waals surface area contributed by atoms with E-state index in [9.17, 15) is 4.79 Å². The average Bonchev–Trinajstić information content (AvgIpc) is 3.28. The lowest BCUT2D eigenvalue weighted by Gasteiger charge is -2.19. The third kappa shape index (κ3) is 2.68. The highest BCUT2D eigenvalue weighted by Crippen LogP contribution is 2.41. The summed E-state index contributed by atoms with van der Waals surface area (Å²) in [6.07, 6.45) is 4.58. The van der Waals surface area contributed by atoms with E-state index in [-0.39, 0.29) is 5.56 Å². The van der Waals surface area contributed by atoms with Crippen molar-refractivity contribution in [2.45, 2.75) is 45.1 Å². The highest BCUT2D eigenvalue weighted by atomic mass is 16.1. The molecule has 0 unspecified atom stereocenters. The largest absolute Gasteiger partial charge is 0.297 e. The number of H-pyrrole nitrogens is 2. The van der Waals surface area contributed by atoms with Gasteiger partial charge in [-0.1, -0.05) is 0 Å². The molecule has 1 aliphatic heterocycles. The Labute approximate surface area is 145 Å². The van der Waals surface area contributed by atoms with Gasteiger partial charge in [0.2, 0.25) is 0 Å². The molecule has 7 heteroatoms. The molecule has 3 aromatic rings. The average molecular weight is 338 g/mol. The van der Waals surface area contributed by atoms with E-state index in [2.05, 4.69) is 25.2 Å². The predicted molar refractivity (Wildman–Crippen MR) is 93.8 cm³/mol. The molecule has 4 heterocycles. The van der Waals surface area contributed by atoms with Crippen LogP contribution in [0.15, 0.2) is 16.9 Å². The highest BCUT2D eigenvalue weighted by molar-refractivity contribution is 5.39. The predicted octanol–water partition coefficient (Wildman–Crippen LogP) is 1.53. The van der Waals surface area contributed by atoms with E-state index in [4.69, 9.17) is 0 Å². The Morgan fingerprint density at radius 3 is 2.92 bits per heavy atom. The van der Waals surface area contributed by atoms with Crippen LogP contribution in [0, 0.1) is 6.92 Å². The van der Waals surface area contributed by atoms with Gasteiger partial charge in [0, 0.05) is 55.5 Å². The van der Waals surface area contributed by atoms with Gasteiger partial charge in [0.05, 0.1) is 11.4 Å². The van der Waals surface area contributed by atoms with Crippen molar-refractivity contribution in [3.05, 3.63) is 50.8 Å². The zero-order valence-electron chi connectivity index (χ0n) is 14.4. The van der Waals surface area contributed by atoms with Crippen molar-refractivity contribution in [2.75, 3.05) is 13.1 Å². The van der Waals surface area contributed by atoms with Crippen LogP contribution in [0.1, 0.15) is 47.1 Å². The van der Waals surface area contributed by atoms with Crippen molar-refractivity contribution >= 4 is 5.65 Å². The fourth-order valence-corrected chi connectivity index (χ4v) is 3.88. The fourth-order valence-electron chi connectivity index (χ4n) is 3.88. The highest BCUT2D eigenvalue weighted by Gasteiger charge is 2.31. The maximum absolute atomic E-state index is 12.2. The summed E-state index contributed by atoms with van der Waals surface area (Å²) < 4.78 is 1.50. The Morgan fingerprint density at radius 2 is 2.08 bits per heavy atom. The molecule has 0 amide bonds. The normalized spacial score (nSPS) is 18.4. The number of rotatable bonds is 3. The molecule has 0 saturated heterocycles. The van der Waals surface area contributed by atoms with Crippen molar-refractivity contribution in [3.63, 3.8) is 0 Å². The third-order valence-corrected chi connectivity index (χ3v) is 5.32. The Morgan fingerprint density at radius 1 is 1.24 bits per heavy atom. The number of nitrogens with one attached hydrogen (secondary N) is 2. The molecule has 1 saturated carbocycles. The number of hydrogen-bond donors (Lipinski definition) is 2. The molecule has 2 aliphatic rings. The molecule has 130 valence electrons. The zero-order valence-corrected chi connectivity index (χ0v) is 14.4. The summed E-state index contributed by atoms with van der Waals surface area (Å²) in [6, 6.07) is 3.55. The van der Waals surface area contributed by atoms with Gasteiger partial charge in [-0.3, -0.25) is 19.9 Å². The van der Waals surface area contributed by atoms with Gasteiger partial charge < -0.3 is 0 Å². The summed E-state index contributed by atoms with van der Waals surface area (Å²) in [6.45, 7) is 4.60. The monoisotopic (exact) mass is 338 g/mol. The van der Waals surface area contributed by atoms with E-state index < -0.39 is 0 Å². The molecule has 1 fully saturated rings. The Kier molecular flexibility index (Phi) is 3.31. The number of aromatic nitrogens is 5. The fraction of sp³-hybridized carbons (Fsp3) is 0.500. The summed E-state index contributed by atoms with van der Waals surface area (Å²) in [4.78, 5) is 19.3. The van der Waals surface area contributed by atoms with Crippen LogP contribution in [0.5, 0.6) is 0 Å². The minimum Gasteiger partial charge on any atom is -0.297 e. The third-order valence-electron chi connectivity index (χ3n) is 5.32. The molecule has 2 N–H and O–H groups in total. The molecular weight excluding hydrogens is 316 g/mol. The molecule has 3 aromatic heterocycles. The van der Waals surface area contributed by atoms with Gasteiger partial charge in [0.25, 0.3) is 5.56 Å². The number of aromatic amines is 2. The van der Waals surface area contributed by atoms with E-state index in [0.29, 0.717) is 18.1 Å². The first-order valence-corrected chi connectivity index (χ1v) is 9.04. The quantitative estimate of drug-likeness (QED) is 0.759. The van der Waals surface area contributed by atoms with Gasteiger partial charge in [-0.2, -0.15) is 5.10 Å². The van der Waals surface area contributed by atoms with Gasteiger partial charge in [-0.25, -0.2) is 9.50 Å². The molecule has 0 atom stereocenters.